The molecule has 0 bridgehead atoms. The molecule has 0 spiro atoms. The summed E-state index contributed by atoms with van der Waals surface area (Å²) in [6, 6.07) is 13.2. The highest BCUT2D eigenvalue weighted by molar-refractivity contribution is 6.36. The van der Waals surface area contributed by atoms with E-state index in [2.05, 4.69) is 10.6 Å². The highest BCUT2D eigenvalue weighted by atomic mass is 35.5. The summed E-state index contributed by atoms with van der Waals surface area (Å²) in [6.45, 7) is 3.10. The number of carbonyl (C=O) groups excluding carboxylic acids is 1. The van der Waals surface area contributed by atoms with Gasteiger partial charge in [-0.3, -0.25) is 4.79 Å². The standard InChI is InChI=1S/C17H18Cl2N2O/c1-12-4-2-3-5-13(12)11-21-17(22)8-9-20-16-7-6-14(18)10-15(16)19/h2-7,10,20H,8-9,11H2,1H3,(H,21,22). The number of amides is 1. The fourth-order valence-corrected chi connectivity index (χ4v) is 2.51. The summed E-state index contributed by atoms with van der Waals surface area (Å²) in [5.41, 5.74) is 3.08. The van der Waals surface area contributed by atoms with Gasteiger partial charge in [-0.15, -0.1) is 0 Å². The van der Waals surface area contributed by atoms with Crippen molar-refractivity contribution >= 4 is 34.8 Å². The fourth-order valence-electron chi connectivity index (χ4n) is 2.03. The van der Waals surface area contributed by atoms with Gasteiger partial charge >= 0.3 is 0 Å². The lowest BCUT2D eigenvalue weighted by molar-refractivity contribution is -0.121. The van der Waals surface area contributed by atoms with E-state index in [1.807, 2.05) is 31.2 Å². The van der Waals surface area contributed by atoms with Gasteiger partial charge in [0, 0.05) is 24.5 Å². The normalized spacial score (nSPS) is 10.3. The molecule has 0 saturated heterocycles. The predicted molar refractivity (Wildman–Crippen MR) is 92.6 cm³/mol. The molecule has 1 amide bonds. The summed E-state index contributed by atoms with van der Waals surface area (Å²) < 4.78 is 0. The van der Waals surface area contributed by atoms with Crippen LogP contribution in [0.5, 0.6) is 0 Å². The molecule has 0 radical (unpaired) electrons. The summed E-state index contributed by atoms with van der Waals surface area (Å²) in [5.74, 6) is 0.000777. The lowest BCUT2D eigenvalue weighted by Gasteiger charge is -2.10. The van der Waals surface area contributed by atoms with Crippen LogP contribution < -0.4 is 10.6 Å². The molecule has 0 saturated carbocycles. The third-order valence-corrected chi connectivity index (χ3v) is 3.88. The van der Waals surface area contributed by atoms with Crippen molar-refractivity contribution in [3.05, 3.63) is 63.6 Å². The van der Waals surface area contributed by atoms with E-state index >= 15 is 0 Å². The second-order valence-electron chi connectivity index (χ2n) is 5.00. The Morgan fingerprint density at radius 3 is 2.64 bits per heavy atom. The Balaban J connectivity index is 1.75. The van der Waals surface area contributed by atoms with E-state index in [0.29, 0.717) is 29.6 Å². The van der Waals surface area contributed by atoms with E-state index in [9.17, 15) is 4.79 Å². The van der Waals surface area contributed by atoms with Crippen molar-refractivity contribution in [2.45, 2.75) is 19.9 Å². The Morgan fingerprint density at radius 2 is 1.91 bits per heavy atom. The van der Waals surface area contributed by atoms with E-state index in [0.717, 1.165) is 11.3 Å². The molecule has 3 nitrogen and oxygen atoms in total. The van der Waals surface area contributed by atoms with Gasteiger partial charge < -0.3 is 10.6 Å². The van der Waals surface area contributed by atoms with Gasteiger partial charge in [-0.1, -0.05) is 47.5 Å². The SMILES string of the molecule is Cc1ccccc1CNC(=O)CCNc1ccc(Cl)cc1Cl. The largest absolute Gasteiger partial charge is 0.383 e. The molecule has 2 aromatic carbocycles. The first-order valence-corrected chi connectivity index (χ1v) is 7.82. The summed E-state index contributed by atoms with van der Waals surface area (Å²) in [4.78, 5) is 11.9. The lowest BCUT2D eigenvalue weighted by Crippen LogP contribution is -2.25. The molecule has 0 aliphatic carbocycles. The van der Waals surface area contributed by atoms with Crippen LogP contribution in [0.25, 0.3) is 0 Å². The first kappa shape index (κ1) is 16.7. The van der Waals surface area contributed by atoms with E-state index in [1.165, 1.54) is 5.56 Å². The second kappa shape index (κ2) is 8.06. The van der Waals surface area contributed by atoms with Crippen molar-refractivity contribution in [2.75, 3.05) is 11.9 Å². The van der Waals surface area contributed by atoms with Crippen LogP contribution in [0.1, 0.15) is 17.5 Å². The summed E-state index contributed by atoms with van der Waals surface area (Å²) in [5, 5.41) is 7.18. The zero-order chi connectivity index (χ0) is 15.9. The van der Waals surface area contributed by atoms with Crippen molar-refractivity contribution in [1.29, 1.82) is 0 Å². The Morgan fingerprint density at radius 1 is 1.14 bits per heavy atom. The molecule has 0 unspecified atom stereocenters. The summed E-state index contributed by atoms with van der Waals surface area (Å²) in [6.07, 6.45) is 0.380. The van der Waals surface area contributed by atoms with E-state index in [4.69, 9.17) is 23.2 Å². The third kappa shape index (κ3) is 4.93. The topological polar surface area (TPSA) is 41.1 Å². The lowest BCUT2D eigenvalue weighted by atomic mass is 10.1. The molecule has 2 aromatic rings. The van der Waals surface area contributed by atoms with Gasteiger partial charge in [0.15, 0.2) is 0 Å². The quantitative estimate of drug-likeness (QED) is 0.819. The minimum atomic E-state index is 0.000777. The van der Waals surface area contributed by atoms with E-state index < -0.39 is 0 Å². The summed E-state index contributed by atoms with van der Waals surface area (Å²) in [7, 11) is 0. The van der Waals surface area contributed by atoms with Crippen LogP contribution in [0, 0.1) is 6.92 Å². The number of anilines is 1. The zero-order valence-electron chi connectivity index (χ0n) is 12.3. The van der Waals surface area contributed by atoms with Crippen LogP contribution in [0.3, 0.4) is 0 Å². The maximum atomic E-state index is 11.9. The van der Waals surface area contributed by atoms with Gasteiger partial charge in [-0.25, -0.2) is 0 Å². The average molecular weight is 337 g/mol. The van der Waals surface area contributed by atoms with Gasteiger partial charge in [0.2, 0.25) is 5.91 Å². The van der Waals surface area contributed by atoms with Crippen molar-refractivity contribution in [1.82, 2.24) is 5.32 Å². The molecule has 22 heavy (non-hydrogen) atoms. The average Bonchev–Trinajstić information content (AvgIpc) is 2.49. The monoisotopic (exact) mass is 336 g/mol. The van der Waals surface area contributed by atoms with Crippen LogP contribution in [0.15, 0.2) is 42.5 Å². The number of halogens is 2. The number of carbonyl (C=O) groups is 1. The Kier molecular flexibility index (Phi) is 6.10. The van der Waals surface area contributed by atoms with Crippen LogP contribution in [0.4, 0.5) is 5.69 Å². The minimum absolute atomic E-state index is 0.000777. The maximum Gasteiger partial charge on any atom is 0.222 e. The number of aryl methyl sites for hydroxylation is 1. The maximum absolute atomic E-state index is 11.9. The molecule has 0 aromatic heterocycles. The molecule has 5 heteroatoms. The van der Waals surface area contributed by atoms with Crippen LogP contribution in [0.2, 0.25) is 10.0 Å². The minimum Gasteiger partial charge on any atom is -0.383 e. The van der Waals surface area contributed by atoms with Crippen molar-refractivity contribution in [3.63, 3.8) is 0 Å². The smallest absolute Gasteiger partial charge is 0.222 e. The molecule has 2 rings (SSSR count). The Bertz CT molecular complexity index is 659. The predicted octanol–water partition coefficient (Wildman–Crippen LogP) is 4.42. The van der Waals surface area contributed by atoms with Crippen molar-refractivity contribution in [3.8, 4) is 0 Å². The van der Waals surface area contributed by atoms with E-state index in [-0.39, 0.29) is 5.91 Å². The molecular weight excluding hydrogens is 319 g/mol. The molecule has 0 heterocycles. The molecule has 0 fully saturated rings. The highest BCUT2D eigenvalue weighted by Gasteiger charge is 2.04. The number of rotatable bonds is 6. The van der Waals surface area contributed by atoms with Crippen LogP contribution in [-0.2, 0) is 11.3 Å². The van der Waals surface area contributed by atoms with Gasteiger partial charge in [0.05, 0.1) is 10.7 Å². The van der Waals surface area contributed by atoms with Gasteiger partial charge in [0.25, 0.3) is 0 Å². The molecule has 2 N–H and O–H groups in total. The number of hydrogen-bond donors (Lipinski definition) is 2. The van der Waals surface area contributed by atoms with Crippen LogP contribution in [-0.4, -0.2) is 12.5 Å². The Hall–Kier alpha value is -1.71. The van der Waals surface area contributed by atoms with Gasteiger partial charge in [0.1, 0.15) is 0 Å². The first-order chi connectivity index (χ1) is 10.6. The molecule has 0 aliphatic rings. The van der Waals surface area contributed by atoms with Gasteiger partial charge in [-0.2, -0.15) is 0 Å². The molecule has 116 valence electrons. The highest BCUT2D eigenvalue weighted by Crippen LogP contribution is 2.25. The van der Waals surface area contributed by atoms with Gasteiger partial charge in [-0.05, 0) is 36.2 Å². The zero-order valence-corrected chi connectivity index (χ0v) is 13.8. The third-order valence-electron chi connectivity index (χ3n) is 3.34. The number of nitrogens with one attached hydrogen (secondary N) is 2. The van der Waals surface area contributed by atoms with E-state index in [1.54, 1.807) is 18.2 Å². The summed E-state index contributed by atoms with van der Waals surface area (Å²) >= 11 is 11.9. The van der Waals surface area contributed by atoms with Crippen molar-refractivity contribution in [2.24, 2.45) is 0 Å². The second-order valence-corrected chi connectivity index (χ2v) is 5.85. The number of benzene rings is 2. The first-order valence-electron chi connectivity index (χ1n) is 7.06. The fraction of sp³-hybridized carbons (Fsp3) is 0.235. The molecule has 0 aliphatic heterocycles. The number of hydrogen-bond acceptors (Lipinski definition) is 2. The van der Waals surface area contributed by atoms with Crippen molar-refractivity contribution < 1.29 is 4.79 Å². The Labute approximate surface area is 140 Å². The molecule has 0 atom stereocenters. The molecular formula is C17H18Cl2N2O. The van der Waals surface area contributed by atoms with Crippen LogP contribution >= 0.6 is 23.2 Å².